The van der Waals surface area contributed by atoms with Crippen molar-refractivity contribution in [2.45, 2.75) is 13.5 Å². The summed E-state index contributed by atoms with van der Waals surface area (Å²) in [4.78, 5) is 4.42. The Balaban J connectivity index is 1.91. The maximum Gasteiger partial charge on any atom is 0.132 e. The smallest absolute Gasteiger partial charge is 0.132 e. The molecule has 0 aliphatic carbocycles. The van der Waals surface area contributed by atoms with Crippen LogP contribution in [-0.4, -0.2) is 4.98 Å². The van der Waals surface area contributed by atoms with Gasteiger partial charge in [-0.05, 0) is 31.2 Å². The Labute approximate surface area is 121 Å². The molecule has 2 aromatic carbocycles. The van der Waals surface area contributed by atoms with Crippen molar-refractivity contribution in [3.63, 3.8) is 0 Å². The van der Waals surface area contributed by atoms with Gasteiger partial charge in [-0.25, -0.2) is 8.78 Å². The number of halogens is 2. The fourth-order valence-electron chi connectivity index (χ4n) is 2.18. The molecule has 2 nitrogen and oxygen atoms in total. The standard InChI is InChI=1S/C17H13F2NO/c1-11-8-17(14-4-2-3-5-16(14)20-11)21-10-12-6-7-13(18)9-15(12)19/h2-9H,10H2,1H3. The minimum atomic E-state index is -0.606. The lowest BCUT2D eigenvalue weighted by Gasteiger charge is -2.11. The van der Waals surface area contributed by atoms with E-state index in [9.17, 15) is 8.78 Å². The fourth-order valence-corrected chi connectivity index (χ4v) is 2.18. The molecule has 0 atom stereocenters. The molecule has 0 bridgehead atoms. The molecule has 21 heavy (non-hydrogen) atoms. The van der Waals surface area contributed by atoms with Crippen molar-refractivity contribution in [2.75, 3.05) is 0 Å². The molecule has 1 aromatic heterocycles. The predicted octanol–water partition coefficient (Wildman–Crippen LogP) is 4.40. The molecule has 3 aromatic rings. The van der Waals surface area contributed by atoms with Gasteiger partial charge in [0.05, 0.1) is 5.52 Å². The van der Waals surface area contributed by atoms with Crippen LogP contribution in [-0.2, 0) is 6.61 Å². The molecular formula is C17H13F2NO. The SMILES string of the molecule is Cc1cc(OCc2ccc(F)cc2F)c2ccccc2n1. The van der Waals surface area contributed by atoms with Gasteiger partial charge < -0.3 is 4.74 Å². The Bertz CT molecular complexity index is 802. The summed E-state index contributed by atoms with van der Waals surface area (Å²) in [6, 6.07) is 12.9. The van der Waals surface area contributed by atoms with Gasteiger partial charge >= 0.3 is 0 Å². The van der Waals surface area contributed by atoms with E-state index < -0.39 is 11.6 Å². The number of hydrogen-bond donors (Lipinski definition) is 0. The summed E-state index contributed by atoms with van der Waals surface area (Å²) >= 11 is 0. The Morgan fingerprint density at radius 1 is 1.05 bits per heavy atom. The lowest BCUT2D eigenvalue weighted by Crippen LogP contribution is -2.00. The number of aryl methyl sites for hydroxylation is 1. The molecule has 0 aliphatic heterocycles. The second-order valence-corrected chi connectivity index (χ2v) is 4.80. The van der Waals surface area contributed by atoms with Crippen LogP contribution in [0, 0.1) is 18.6 Å². The van der Waals surface area contributed by atoms with Gasteiger partial charge in [-0.2, -0.15) is 0 Å². The summed E-state index contributed by atoms with van der Waals surface area (Å²) in [5.74, 6) is -0.562. The van der Waals surface area contributed by atoms with E-state index in [1.165, 1.54) is 12.1 Å². The highest BCUT2D eigenvalue weighted by Gasteiger charge is 2.08. The molecule has 0 fully saturated rings. The van der Waals surface area contributed by atoms with E-state index in [2.05, 4.69) is 4.98 Å². The van der Waals surface area contributed by atoms with Crippen LogP contribution in [0.2, 0.25) is 0 Å². The first-order chi connectivity index (χ1) is 10.1. The van der Waals surface area contributed by atoms with Gasteiger partial charge in [0, 0.05) is 28.8 Å². The van der Waals surface area contributed by atoms with Crippen molar-refractivity contribution in [2.24, 2.45) is 0 Å². The minimum absolute atomic E-state index is 0.0412. The maximum absolute atomic E-state index is 13.6. The van der Waals surface area contributed by atoms with E-state index in [0.29, 0.717) is 11.3 Å². The molecule has 0 N–H and O–H groups in total. The number of nitrogens with zero attached hydrogens (tertiary/aromatic N) is 1. The normalized spacial score (nSPS) is 10.8. The van der Waals surface area contributed by atoms with Crippen LogP contribution in [0.3, 0.4) is 0 Å². The molecule has 0 saturated carbocycles. The van der Waals surface area contributed by atoms with Crippen LogP contribution in [0.5, 0.6) is 5.75 Å². The lowest BCUT2D eigenvalue weighted by atomic mass is 10.2. The topological polar surface area (TPSA) is 22.1 Å². The highest BCUT2D eigenvalue weighted by Crippen LogP contribution is 2.26. The number of ether oxygens (including phenoxy) is 1. The van der Waals surface area contributed by atoms with Crippen molar-refractivity contribution in [3.05, 3.63) is 71.4 Å². The zero-order chi connectivity index (χ0) is 14.8. The summed E-state index contributed by atoms with van der Waals surface area (Å²) in [6.45, 7) is 1.91. The molecule has 3 rings (SSSR count). The largest absolute Gasteiger partial charge is 0.488 e. The van der Waals surface area contributed by atoms with E-state index in [1.807, 2.05) is 37.3 Å². The first-order valence-electron chi connectivity index (χ1n) is 6.56. The molecule has 0 unspecified atom stereocenters. The molecule has 0 spiro atoms. The van der Waals surface area contributed by atoms with E-state index in [4.69, 9.17) is 4.74 Å². The number of fused-ring (bicyclic) bond motifs is 1. The van der Waals surface area contributed by atoms with Crippen molar-refractivity contribution in [1.29, 1.82) is 0 Å². The van der Waals surface area contributed by atoms with Crippen LogP contribution >= 0.6 is 0 Å². The minimum Gasteiger partial charge on any atom is -0.488 e. The lowest BCUT2D eigenvalue weighted by molar-refractivity contribution is 0.302. The highest BCUT2D eigenvalue weighted by atomic mass is 19.1. The van der Waals surface area contributed by atoms with Gasteiger partial charge in [-0.1, -0.05) is 12.1 Å². The van der Waals surface area contributed by atoms with Crippen molar-refractivity contribution >= 4 is 10.9 Å². The second-order valence-electron chi connectivity index (χ2n) is 4.80. The van der Waals surface area contributed by atoms with E-state index in [1.54, 1.807) is 0 Å². The fraction of sp³-hybridized carbons (Fsp3) is 0.118. The molecule has 1 heterocycles. The summed E-state index contributed by atoms with van der Waals surface area (Å²) < 4.78 is 32.2. The van der Waals surface area contributed by atoms with E-state index in [-0.39, 0.29) is 6.61 Å². The zero-order valence-corrected chi connectivity index (χ0v) is 11.4. The molecule has 0 saturated heterocycles. The molecule has 0 amide bonds. The number of rotatable bonds is 3. The molecule has 0 aliphatic rings. The third-order valence-electron chi connectivity index (χ3n) is 3.20. The third-order valence-corrected chi connectivity index (χ3v) is 3.20. The number of pyridine rings is 1. The van der Waals surface area contributed by atoms with Gasteiger partial charge in [-0.15, -0.1) is 0 Å². The molecule has 106 valence electrons. The Morgan fingerprint density at radius 3 is 2.67 bits per heavy atom. The molecular weight excluding hydrogens is 272 g/mol. The van der Waals surface area contributed by atoms with Gasteiger partial charge in [0.25, 0.3) is 0 Å². The summed E-state index contributed by atoms with van der Waals surface area (Å²) in [5.41, 5.74) is 1.96. The zero-order valence-electron chi connectivity index (χ0n) is 11.4. The number of benzene rings is 2. The molecule has 4 heteroatoms. The second kappa shape index (κ2) is 5.48. The number of para-hydroxylation sites is 1. The monoisotopic (exact) mass is 285 g/mol. The molecule has 0 radical (unpaired) electrons. The van der Waals surface area contributed by atoms with Crippen LogP contribution in [0.1, 0.15) is 11.3 Å². The summed E-state index contributed by atoms with van der Waals surface area (Å²) in [7, 11) is 0. The first-order valence-corrected chi connectivity index (χ1v) is 6.56. The van der Waals surface area contributed by atoms with Crippen LogP contribution in [0.4, 0.5) is 8.78 Å². The first kappa shape index (κ1) is 13.5. The summed E-state index contributed by atoms with van der Waals surface area (Å²) in [5, 5.41) is 0.866. The Kier molecular flexibility index (Phi) is 3.52. The maximum atomic E-state index is 13.6. The Hall–Kier alpha value is -2.49. The highest BCUT2D eigenvalue weighted by molar-refractivity contribution is 5.85. The number of aromatic nitrogens is 1. The quantitative estimate of drug-likeness (QED) is 0.711. The van der Waals surface area contributed by atoms with Crippen molar-refractivity contribution < 1.29 is 13.5 Å². The van der Waals surface area contributed by atoms with Gasteiger partial charge in [-0.3, -0.25) is 4.98 Å². The van der Waals surface area contributed by atoms with Gasteiger partial charge in [0.1, 0.15) is 24.0 Å². The average Bonchev–Trinajstić information content (AvgIpc) is 2.46. The summed E-state index contributed by atoms with van der Waals surface area (Å²) in [6.07, 6.45) is 0. The van der Waals surface area contributed by atoms with Crippen molar-refractivity contribution in [1.82, 2.24) is 4.98 Å². The van der Waals surface area contributed by atoms with Gasteiger partial charge in [0.2, 0.25) is 0 Å². The van der Waals surface area contributed by atoms with Crippen LogP contribution in [0.15, 0.2) is 48.5 Å². The van der Waals surface area contributed by atoms with Crippen LogP contribution in [0.25, 0.3) is 10.9 Å². The van der Waals surface area contributed by atoms with E-state index >= 15 is 0 Å². The number of hydrogen-bond acceptors (Lipinski definition) is 2. The van der Waals surface area contributed by atoms with Gasteiger partial charge in [0.15, 0.2) is 0 Å². The predicted molar refractivity (Wildman–Crippen MR) is 77.2 cm³/mol. The average molecular weight is 285 g/mol. The Morgan fingerprint density at radius 2 is 1.86 bits per heavy atom. The third kappa shape index (κ3) is 2.84. The van der Waals surface area contributed by atoms with Crippen molar-refractivity contribution in [3.8, 4) is 5.75 Å². The van der Waals surface area contributed by atoms with E-state index in [0.717, 1.165) is 22.7 Å². The van der Waals surface area contributed by atoms with Crippen LogP contribution < -0.4 is 4.74 Å².